The normalized spacial score (nSPS) is 25.9. The summed E-state index contributed by atoms with van der Waals surface area (Å²) in [6.45, 7) is 10.6. The summed E-state index contributed by atoms with van der Waals surface area (Å²) in [5, 5.41) is 37.8. The Morgan fingerprint density at radius 1 is 0.629 bits per heavy atom. The first-order chi connectivity index (χ1) is 33.0. The molecule has 2 fully saturated rings. The van der Waals surface area contributed by atoms with Gasteiger partial charge < -0.3 is 67.7 Å². The quantitative estimate of drug-likeness (QED) is 0.0374. The molecule has 2 aliphatic rings. The highest BCUT2D eigenvalue weighted by Crippen LogP contribution is 2.58. The molecule has 30 heteroatoms. The van der Waals surface area contributed by atoms with Gasteiger partial charge in [-0.1, -0.05) is 26.7 Å². The van der Waals surface area contributed by atoms with E-state index < -0.39 is 100 Å². The van der Waals surface area contributed by atoms with Gasteiger partial charge in [0.25, 0.3) is 10.7 Å². The van der Waals surface area contributed by atoms with Crippen molar-refractivity contribution in [1.29, 1.82) is 0 Å². The van der Waals surface area contributed by atoms with Crippen LogP contribution in [0.4, 0.5) is 0 Å². The predicted octanol–water partition coefficient (Wildman–Crippen LogP) is 3.14. The first-order valence-electron chi connectivity index (χ1n) is 22.4. The van der Waals surface area contributed by atoms with E-state index in [-0.39, 0.29) is 37.0 Å². The van der Waals surface area contributed by atoms with E-state index >= 15 is 0 Å². The highest BCUT2D eigenvalue weighted by molar-refractivity contribution is 7.55. The first kappa shape index (κ1) is 57.5. The zero-order valence-electron chi connectivity index (χ0n) is 39.7. The van der Waals surface area contributed by atoms with Gasteiger partial charge in [0, 0.05) is 0 Å². The van der Waals surface area contributed by atoms with Crippen molar-refractivity contribution in [2.75, 3.05) is 39.6 Å². The molecular weight excluding hydrogens is 1010 g/mol. The highest BCUT2D eigenvalue weighted by atomic mass is 35.5. The Balaban J connectivity index is 0.000000261. The van der Waals surface area contributed by atoms with Crippen molar-refractivity contribution in [3.63, 3.8) is 0 Å². The van der Waals surface area contributed by atoms with Gasteiger partial charge in [-0.2, -0.15) is 9.97 Å². The molecule has 392 valence electrons. The molecule has 6 heterocycles. The fraction of sp³-hybridized carbons (Fsp3) is 0.700. The lowest BCUT2D eigenvalue weighted by molar-refractivity contribution is -0.167. The third-order valence-corrected chi connectivity index (χ3v) is 15.5. The number of fused-ring (bicyclic) bond motifs is 2. The van der Waals surface area contributed by atoms with Crippen LogP contribution in [0.15, 0.2) is 12.7 Å². The molecule has 12 atom stereocenters. The van der Waals surface area contributed by atoms with Crippen LogP contribution >= 0.6 is 38.4 Å². The van der Waals surface area contributed by atoms with E-state index in [9.17, 15) is 48.9 Å². The molecule has 0 saturated carbocycles. The molecule has 2 saturated heterocycles. The molecule has 0 radical (unpaired) electrons. The van der Waals surface area contributed by atoms with E-state index in [1.807, 2.05) is 13.8 Å². The van der Waals surface area contributed by atoms with E-state index in [0.717, 1.165) is 26.7 Å². The summed E-state index contributed by atoms with van der Waals surface area (Å²) in [7, 11) is -9.30. The zero-order chi connectivity index (χ0) is 51.9. The molecule has 4 aromatic rings. The van der Waals surface area contributed by atoms with Crippen LogP contribution in [0.1, 0.15) is 92.1 Å². The van der Waals surface area contributed by atoms with Crippen LogP contribution in [0.25, 0.3) is 22.3 Å². The number of aromatic nitrogens is 8. The van der Waals surface area contributed by atoms with Crippen LogP contribution < -0.4 is 0 Å². The number of imidazole rings is 2. The molecule has 0 aliphatic carbocycles. The molecular formula is C40H60Cl2N8O18P2. The van der Waals surface area contributed by atoms with Gasteiger partial charge in [0.05, 0.1) is 63.7 Å². The molecule has 0 spiro atoms. The zero-order valence-corrected chi connectivity index (χ0v) is 43.0. The van der Waals surface area contributed by atoms with Gasteiger partial charge in [-0.3, -0.25) is 18.3 Å². The minimum absolute atomic E-state index is 0.00422. The number of ether oxygens (including phenoxy) is 6. The number of esters is 2. The fourth-order valence-corrected chi connectivity index (χ4v) is 10.0. The highest BCUT2D eigenvalue weighted by Gasteiger charge is 2.57. The van der Waals surface area contributed by atoms with Gasteiger partial charge in [-0.25, -0.2) is 29.5 Å². The number of halogens is 2. The van der Waals surface area contributed by atoms with E-state index in [4.69, 9.17) is 60.7 Å². The minimum atomic E-state index is -4.65. The molecule has 0 amide bonds. The Labute approximate surface area is 411 Å². The minimum Gasteiger partial charge on any atom is -0.463 e. The van der Waals surface area contributed by atoms with Crippen molar-refractivity contribution in [3.8, 4) is 0 Å². The maximum absolute atomic E-state index is 12.7. The molecule has 0 aromatic carbocycles. The van der Waals surface area contributed by atoms with Crippen molar-refractivity contribution in [2.24, 2.45) is 0 Å². The van der Waals surface area contributed by atoms with Crippen molar-refractivity contribution in [1.82, 2.24) is 39.0 Å². The fourth-order valence-electron chi connectivity index (χ4n) is 7.41. The number of aliphatic hydroxyl groups excluding tert-OH is 4. The van der Waals surface area contributed by atoms with Crippen molar-refractivity contribution in [3.05, 3.63) is 34.6 Å². The first-order valence-corrected chi connectivity index (χ1v) is 26.3. The van der Waals surface area contributed by atoms with Crippen LogP contribution in [0.3, 0.4) is 0 Å². The molecule has 6 rings (SSSR count). The Morgan fingerprint density at radius 2 is 0.986 bits per heavy atom. The molecule has 26 nitrogen and oxygen atoms in total. The maximum atomic E-state index is 12.7. The molecule has 2 unspecified atom stereocenters. The second-order valence-corrected chi connectivity index (χ2v) is 21.0. The number of aryl methyl sites for hydroxylation is 2. The van der Waals surface area contributed by atoms with Crippen molar-refractivity contribution in [2.45, 2.75) is 141 Å². The number of hydrogen-bond acceptors (Lipinski definition) is 22. The number of carbonyl (C=O) groups is 2. The summed E-state index contributed by atoms with van der Waals surface area (Å²) in [5.41, 5.74) is 2.84. The molecule has 4 aromatic heterocycles. The summed E-state index contributed by atoms with van der Waals surface area (Å²) in [4.78, 5) is 71.1. The van der Waals surface area contributed by atoms with Gasteiger partial charge >= 0.3 is 27.1 Å². The van der Waals surface area contributed by atoms with Gasteiger partial charge in [0.2, 0.25) is 10.6 Å². The van der Waals surface area contributed by atoms with Crippen LogP contribution in [0.5, 0.6) is 0 Å². The van der Waals surface area contributed by atoms with Crippen LogP contribution in [0.2, 0.25) is 10.6 Å². The predicted molar refractivity (Wildman–Crippen MR) is 245 cm³/mol. The number of nitrogens with zero attached hydrogens (tertiary/aromatic N) is 8. The standard InChI is InChI=1S/2C20H30ClN4O9P/c2*1-5-8-11-13-16(24-19(21)23-11)25(10-22-13)17-15(27)14(26)12(34-17)9-32-20(4,18(28)31-6-2)35(29,30)33-7-3/h2*10,12,14-15,17,26-27H,5-9H2,1-4H3,(H,29,30)/t12-,14-,15-,17-,20+;12-,14-,15-,17-,20-/m11/s1. The molecule has 6 N–H and O–H groups in total. The number of aliphatic hydroxyl groups is 4. The maximum Gasteiger partial charge on any atom is 0.370 e. The Bertz CT molecular complexity index is 2370. The van der Waals surface area contributed by atoms with Gasteiger partial charge in [-0.15, -0.1) is 0 Å². The lowest BCUT2D eigenvalue weighted by Gasteiger charge is -2.31. The van der Waals surface area contributed by atoms with E-state index in [0.29, 0.717) is 46.6 Å². The third-order valence-electron chi connectivity index (χ3n) is 11.2. The van der Waals surface area contributed by atoms with Gasteiger partial charge in [-0.05, 0) is 77.6 Å². The van der Waals surface area contributed by atoms with Crippen LogP contribution in [-0.2, 0) is 69.0 Å². The second kappa shape index (κ2) is 24.1. The van der Waals surface area contributed by atoms with Crippen LogP contribution in [0, 0.1) is 0 Å². The van der Waals surface area contributed by atoms with Crippen molar-refractivity contribution < 1.29 is 86.4 Å². The number of carbonyl (C=O) groups excluding carboxylic acids is 2. The second-order valence-electron chi connectivity index (χ2n) is 16.0. The molecule has 2 aliphatic heterocycles. The lowest BCUT2D eigenvalue weighted by Crippen LogP contribution is -2.44. The van der Waals surface area contributed by atoms with E-state index in [1.165, 1.54) is 49.5 Å². The average Bonchev–Trinajstić information content (AvgIpc) is 4.06. The summed E-state index contributed by atoms with van der Waals surface area (Å²) < 4.78 is 70.5. The summed E-state index contributed by atoms with van der Waals surface area (Å²) >= 11 is 12.1. The monoisotopic (exact) mass is 1070 g/mol. The molecule has 70 heavy (non-hydrogen) atoms. The van der Waals surface area contributed by atoms with E-state index in [1.54, 1.807) is 0 Å². The smallest absolute Gasteiger partial charge is 0.370 e. The summed E-state index contributed by atoms with van der Waals surface area (Å²) in [6, 6.07) is 0. The average molecular weight is 1070 g/mol. The van der Waals surface area contributed by atoms with Crippen molar-refractivity contribution >= 4 is 72.7 Å². The van der Waals surface area contributed by atoms with Gasteiger partial charge in [0.15, 0.2) is 23.8 Å². The van der Waals surface area contributed by atoms with Gasteiger partial charge in [0.1, 0.15) is 47.7 Å². The van der Waals surface area contributed by atoms with Crippen LogP contribution in [-0.4, -0.2) is 168 Å². The number of hydrogen-bond donors (Lipinski definition) is 6. The number of rotatable bonds is 22. The lowest BCUT2D eigenvalue weighted by atomic mass is 10.1. The summed E-state index contributed by atoms with van der Waals surface area (Å²) in [6.07, 6.45) is -4.87. The Kier molecular flexibility index (Phi) is 19.8. The Hall–Kier alpha value is -3.40. The summed E-state index contributed by atoms with van der Waals surface area (Å²) in [5.74, 6) is -2.22. The topological polar surface area (TPSA) is 351 Å². The Morgan fingerprint density at radius 3 is 1.30 bits per heavy atom. The third kappa shape index (κ3) is 11.8. The SMILES string of the molecule is CCCc1nc(Cl)nc2c1ncn2[C@@H]1O[C@H](CO[C@@](C)(C(=O)OCC)P(=O)(O)OCC)[C@@H](O)[C@H]1O.CCCc1nc(Cl)nc2c1ncn2[C@@H]1O[C@H](CO[C@](C)(C(=O)OCC)P(=O)(O)OCC)[C@@H](O)[C@H]1O. The largest absolute Gasteiger partial charge is 0.463 e. The molecule has 0 bridgehead atoms. The van der Waals surface area contributed by atoms with E-state index in [2.05, 4.69) is 29.9 Å².